The number of azo groups is 1. The van der Waals surface area contributed by atoms with Gasteiger partial charge in [-0.3, -0.25) is 5.10 Å². The maximum Gasteiger partial charge on any atom is 0.175 e. The van der Waals surface area contributed by atoms with Crippen molar-refractivity contribution in [2.45, 2.75) is 0 Å². The van der Waals surface area contributed by atoms with Crippen molar-refractivity contribution in [3.05, 3.63) is 23.2 Å². The van der Waals surface area contributed by atoms with Crippen LogP contribution in [-0.2, 0) is 0 Å². The Hall–Kier alpha value is -2.28. The number of aromatic nitrogens is 2. The van der Waals surface area contributed by atoms with Gasteiger partial charge in [0.2, 0.25) is 0 Å². The van der Waals surface area contributed by atoms with Gasteiger partial charge in [0.25, 0.3) is 0 Å². The van der Waals surface area contributed by atoms with E-state index in [2.05, 4.69) is 20.4 Å². The normalized spacial score (nSPS) is 11.1. The maximum atomic E-state index is 5.78. The first-order chi connectivity index (χ1) is 8.08. The van der Waals surface area contributed by atoms with Crippen LogP contribution in [0, 0.1) is 0 Å². The van der Waals surface area contributed by atoms with E-state index in [0.717, 1.165) is 0 Å². The zero-order chi connectivity index (χ0) is 12.4. The van der Waals surface area contributed by atoms with E-state index in [0.29, 0.717) is 22.1 Å². The summed E-state index contributed by atoms with van der Waals surface area (Å²) in [5.41, 5.74) is 18.0. The number of nitrogens with two attached hydrogens (primary N) is 3. The number of nitrogens with zero attached hydrogens (tertiary/aromatic N) is 3. The second-order valence-corrected chi connectivity index (χ2v) is 3.68. The van der Waals surface area contributed by atoms with E-state index >= 15 is 0 Å². The van der Waals surface area contributed by atoms with Gasteiger partial charge >= 0.3 is 0 Å². The second kappa shape index (κ2) is 4.30. The Morgan fingerprint density at radius 1 is 1.18 bits per heavy atom. The topological polar surface area (TPSA) is 131 Å². The molecule has 0 saturated carbocycles. The third kappa shape index (κ3) is 2.28. The van der Waals surface area contributed by atoms with Gasteiger partial charge in [0.1, 0.15) is 5.82 Å². The molecular formula is C9H10ClN7. The van der Waals surface area contributed by atoms with Crippen LogP contribution in [-0.4, -0.2) is 10.2 Å². The molecule has 0 amide bonds. The van der Waals surface area contributed by atoms with Crippen molar-refractivity contribution in [3.63, 3.8) is 0 Å². The molecule has 7 nitrogen and oxygen atoms in total. The molecule has 1 aromatic carbocycles. The molecule has 1 aromatic heterocycles. The molecule has 17 heavy (non-hydrogen) atoms. The van der Waals surface area contributed by atoms with E-state index in [-0.39, 0.29) is 11.6 Å². The number of halogens is 1. The van der Waals surface area contributed by atoms with Crippen molar-refractivity contribution >= 4 is 40.3 Å². The van der Waals surface area contributed by atoms with Crippen molar-refractivity contribution in [2.75, 3.05) is 17.2 Å². The largest absolute Gasteiger partial charge is 0.397 e. The summed E-state index contributed by atoms with van der Waals surface area (Å²) in [6, 6.07) is 4.90. The molecule has 0 radical (unpaired) electrons. The average Bonchev–Trinajstić information content (AvgIpc) is 2.61. The van der Waals surface area contributed by atoms with Crippen molar-refractivity contribution in [1.82, 2.24) is 10.2 Å². The summed E-state index contributed by atoms with van der Waals surface area (Å²) in [6.45, 7) is 0. The Kier molecular flexibility index (Phi) is 2.84. The van der Waals surface area contributed by atoms with Gasteiger partial charge in [-0.15, -0.1) is 5.11 Å². The molecule has 7 N–H and O–H groups in total. The fourth-order valence-corrected chi connectivity index (χ4v) is 1.29. The van der Waals surface area contributed by atoms with Gasteiger partial charge in [0.05, 0.1) is 16.4 Å². The van der Waals surface area contributed by atoms with E-state index in [9.17, 15) is 0 Å². The third-order valence-electron chi connectivity index (χ3n) is 2.04. The number of aromatic amines is 1. The molecule has 8 heteroatoms. The fourth-order valence-electron chi connectivity index (χ4n) is 1.17. The van der Waals surface area contributed by atoms with E-state index in [1.54, 1.807) is 18.2 Å². The average molecular weight is 252 g/mol. The van der Waals surface area contributed by atoms with Crippen LogP contribution in [0.25, 0.3) is 0 Å². The van der Waals surface area contributed by atoms with Crippen molar-refractivity contribution in [2.24, 2.45) is 10.2 Å². The zero-order valence-electron chi connectivity index (χ0n) is 8.68. The summed E-state index contributed by atoms with van der Waals surface area (Å²) in [5, 5.41) is 14.5. The third-order valence-corrected chi connectivity index (χ3v) is 2.38. The highest BCUT2D eigenvalue weighted by molar-refractivity contribution is 6.33. The summed E-state index contributed by atoms with van der Waals surface area (Å²) in [6.07, 6.45) is 0. The maximum absolute atomic E-state index is 5.78. The predicted octanol–water partition coefficient (Wildman–Crippen LogP) is 2.23. The summed E-state index contributed by atoms with van der Waals surface area (Å²) >= 11 is 5.78. The number of anilines is 3. The van der Waals surface area contributed by atoms with E-state index < -0.39 is 0 Å². The molecular weight excluding hydrogens is 242 g/mol. The Balaban J connectivity index is 2.29. The molecule has 0 aliphatic heterocycles. The van der Waals surface area contributed by atoms with Gasteiger partial charge < -0.3 is 17.2 Å². The fraction of sp³-hybridized carbons (Fsp3) is 0. The number of hydrogen-bond acceptors (Lipinski definition) is 6. The van der Waals surface area contributed by atoms with Crippen molar-refractivity contribution < 1.29 is 0 Å². The van der Waals surface area contributed by atoms with E-state index in [1.807, 2.05) is 0 Å². The van der Waals surface area contributed by atoms with Crippen LogP contribution >= 0.6 is 11.6 Å². The van der Waals surface area contributed by atoms with Gasteiger partial charge in [0.15, 0.2) is 11.5 Å². The van der Waals surface area contributed by atoms with Crippen LogP contribution in [0.2, 0.25) is 5.02 Å². The van der Waals surface area contributed by atoms with Crippen LogP contribution in [0.5, 0.6) is 0 Å². The minimum absolute atomic E-state index is 0.188. The highest BCUT2D eigenvalue weighted by Gasteiger charge is 2.06. The van der Waals surface area contributed by atoms with Crippen LogP contribution in [0.4, 0.5) is 28.7 Å². The quantitative estimate of drug-likeness (QED) is 0.481. The zero-order valence-corrected chi connectivity index (χ0v) is 9.44. The first-order valence-electron chi connectivity index (χ1n) is 4.64. The lowest BCUT2D eigenvalue weighted by Gasteiger charge is -1.97. The monoisotopic (exact) mass is 251 g/mol. The van der Waals surface area contributed by atoms with Gasteiger partial charge in [-0.2, -0.15) is 10.2 Å². The lowest BCUT2D eigenvalue weighted by Crippen LogP contribution is -1.85. The molecule has 0 aliphatic carbocycles. The molecule has 0 fully saturated rings. The smallest absolute Gasteiger partial charge is 0.175 e. The van der Waals surface area contributed by atoms with E-state index in [4.69, 9.17) is 28.8 Å². The summed E-state index contributed by atoms with van der Waals surface area (Å²) < 4.78 is 0. The molecule has 0 atom stereocenters. The minimum Gasteiger partial charge on any atom is -0.397 e. The first kappa shape index (κ1) is 11.2. The first-order valence-corrected chi connectivity index (χ1v) is 5.02. The Morgan fingerprint density at radius 3 is 2.53 bits per heavy atom. The number of hydrogen-bond donors (Lipinski definition) is 4. The SMILES string of the molecule is Nc1cc(N=Nc2c(N)n[nH]c2N)ccc1Cl. The van der Waals surface area contributed by atoms with Crippen LogP contribution in [0.3, 0.4) is 0 Å². The van der Waals surface area contributed by atoms with Crippen molar-refractivity contribution in [1.29, 1.82) is 0 Å². The van der Waals surface area contributed by atoms with E-state index in [1.165, 1.54) is 0 Å². The van der Waals surface area contributed by atoms with Gasteiger partial charge in [-0.1, -0.05) is 11.6 Å². The highest BCUT2D eigenvalue weighted by atomic mass is 35.5. The molecule has 0 spiro atoms. The molecule has 1 heterocycles. The molecule has 0 unspecified atom stereocenters. The lowest BCUT2D eigenvalue weighted by atomic mass is 10.3. The number of rotatable bonds is 2. The van der Waals surface area contributed by atoms with Crippen LogP contribution in [0.1, 0.15) is 0 Å². The molecule has 2 aromatic rings. The Labute approximate surface area is 102 Å². The standard InChI is InChI=1S/C9H10ClN7/c10-5-2-1-4(3-6(5)11)14-15-7-8(12)16-17-9(7)13/h1-3H,11H2,(H5,12,13,16,17). The summed E-state index contributed by atoms with van der Waals surface area (Å²) in [4.78, 5) is 0. The van der Waals surface area contributed by atoms with Crippen LogP contribution < -0.4 is 17.2 Å². The lowest BCUT2D eigenvalue weighted by molar-refractivity contribution is 1.11. The summed E-state index contributed by atoms with van der Waals surface area (Å²) in [5.74, 6) is 0.446. The van der Waals surface area contributed by atoms with Crippen molar-refractivity contribution in [3.8, 4) is 0 Å². The Morgan fingerprint density at radius 2 is 1.94 bits per heavy atom. The minimum atomic E-state index is 0.188. The molecule has 0 bridgehead atoms. The number of nitrogen functional groups attached to an aromatic ring is 3. The highest BCUT2D eigenvalue weighted by Crippen LogP contribution is 2.29. The van der Waals surface area contributed by atoms with Gasteiger partial charge in [-0.05, 0) is 18.2 Å². The van der Waals surface area contributed by atoms with Gasteiger partial charge in [-0.25, -0.2) is 0 Å². The number of benzene rings is 1. The Bertz CT molecular complexity index is 555. The summed E-state index contributed by atoms with van der Waals surface area (Å²) in [7, 11) is 0. The van der Waals surface area contributed by atoms with Crippen LogP contribution in [0.15, 0.2) is 28.4 Å². The molecule has 88 valence electrons. The molecule has 0 saturated heterocycles. The molecule has 0 aliphatic rings. The predicted molar refractivity (Wildman–Crippen MR) is 67.5 cm³/mol. The number of H-pyrrole nitrogens is 1. The molecule has 2 rings (SSSR count). The number of nitrogens with one attached hydrogen (secondary N) is 1. The van der Waals surface area contributed by atoms with Gasteiger partial charge in [0, 0.05) is 0 Å². The second-order valence-electron chi connectivity index (χ2n) is 3.28.